The summed E-state index contributed by atoms with van der Waals surface area (Å²) in [6.07, 6.45) is -0.606. The summed E-state index contributed by atoms with van der Waals surface area (Å²) < 4.78 is 4.97. The predicted octanol–water partition coefficient (Wildman–Crippen LogP) is 3.89. The molecule has 2 atom stereocenters. The second-order valence-electron chi connectivity index (χ2n) is 7.54. The molecular formula is C23H23Cl2N3O6S. The monoisotopic (exact) mass is 539 g/mol. The number of carbonyl (C=O) groups is 4. The van der Waals surface area contributed by atoms with Crippen LogP contribution in [-0.2, 0) is 20.7 Å². The van der Waals surface area contributed by atoms with E-state index in [1.54, 1.807) is 49.4 Å². The molecule has 0 spiro atoms. The largest absolute Gasteiger partial charge is 0.480 e. The van der Waals surface area contributed by atoms with Crippen LogP contribution in [0.5, 0.6) is 0 Å². The molecule has 2 unspecified atom stereocenters. The van der Waals surface area contributed by atoms with E-state index in [1.165, 1.54) is 16.7 Å². The van der Waals surface area contributed by atoms with E-state index in [2.05, 4.69) is 10.6 Å². The number of carboxylic acid groups (broad SMARTS) is 1. The summed E-state index contributed by atoms with van der Waals surface area (Å²) in [5.74, 6) is -1.61. The Balaban J connectivity index is 1.63. The van der Waals surface area contributed by atoms with Gasteiger partial charge >= 0.3 is 12.1 Å². The summed E-state index contributed by atoms with van der Waals surface area (Å²) in [6, 6.07) is 9.22. The number of amides is 3. The smallest absolute Gasteiger partial charge is 0.411 e. The molecule has 9 nitrogen and oxygen atoms in total. The molecule has 1 saturated heterocycles. The highest BCUT2D eigenvalue weighted by Gasteiger charge is 2.37. The maximum Gasteiger partial charge on any atom is 0.411 e. The molecule has 1 aliphatic heterocycles. The molecule has 2 aromatic carbocycles. The summed E-state index contributed by atoms with van der Waals surface area (Å²) in [6.45, 7) is 1.84. The third-order valence-electron chi connectivity index (χ3n) is 5.14. The fourth-order valence-corrected chi connectivity index (χ4v) is 5.09. The molecule has 0 saturated carbocycles. The fourth-order valence-electron chi connectivity index (χ4n) is 3.38. The van der Waals surface area contributed by atoms with Gasteiger partial charge in [0, 0.05) is 17.9 Å². The first-order valence-corrected chi connectivity index (χ1v) is 12.5. The number of aliphatic carboxylic acids is 1. The Morgan fingerprint density at radius 1 is 1.14 bits per heavy atom. The minimum atomic E-state index is -1.21. The summed E-state index contributed by atoms with van der Waals surface area (Å²) in [5.41, 5.74) is 1.23. The van der Waals surface area contributed by atoms with Crippen LogP contribution in [-0.4, -0.2) is 64.2 Å². The number of nitrogens with zero attached hydrogens (tertiary/aromatic N) is 1. The van der Waals surface area contributed by atoms with Crippen LogP contribution in [0, 0.1) is 0 Å². The molecule has 0 aliphatic carbocycles. The van der Waals surface area contributed by atoms with Crippen molar-refractivity contribution in [2.75, 3.05) is 23.6 Å². The van der Waals surface area contributed by atoms with E-state index in [1.807, 2.05) is 0 Å². The number of hydrogen-bond acceptors (Lipinski definition) is 6. The van der Waals surface area contributed by atoms with E-state index in [4.69, 9.17) is 27.9 Å². The Kier molecular flexibility index (Phi) is 9.25. The normalized spacial score (nSPS) is 15.9. The molecule has 3 amide bonds. The van der Waals surface area contributed by atoms with Gasteiger partial charge in [0.2, 0.25) is 5.91 Å². The first kappa shape index (κ1) is 26.7. The lowest BCUT2D eigenvalue weighted by Gasteiger charge is -2.24. The predicted molar refractivity (Wildman–Crippen MR) is 134 cm³/mol. The molecule has 12 heteroatoms. The van der Waals surface area contributed by atoms with Crippen molar-refractivity contribution in [2.24, 2.45) is 0 Å². The molecule has 3 N–H and O–H groups in total. The highest BCUT2D eigenvalue weighted by Crippen LogP contribution is 2.26. The minimum absolute atomic E-state index is 0.00487. The lowest BCUT2D eigenvalue weighted by molar-refractivity contribution is -0.142. The molecule has 1 fully saturated rings. The number of nitrogens with one attached hydrogen (secondary N) is 2. The number of carbonyl (C=O) groups excluding carboxylic acids is 3. The van der Waals surface area contributed by atoms with Crippen LogP contribution in [0.15, 0.2) is 42.5 Å². The van der Waals surface area contributed by atoms with E-state index in [0.717, 1.165) is 0 Å². The van der Waals surface area contributed by atoms with Crippen LogP contribution < -0.4 is 10.6 Å². The van der Waals surface area contributed by atoms with Crippen molar-refractivity contribution in [3.8, 4) is 0 Å². The summed E-state index contributed by atoms with van der Waals surface area (Å²) in [4.78, 5) is 50.4. The SMILES string of the molecule is CCOC(=O)N1CSCC1C(=O)NC(Cc1ccc(NC(=O)c2c(Cl)cccc2Cl)cc1)C(=O)O. The van der Waals surface area contributed by atoms with Crippen molar-refractivity contribution in [1.29, 1.82) is 0 Å². The van der Waals surface area contributed by atoms with Crippen LogP contribution in [0.4, 0.5) is 10.5 Å². The zero-order chi connectivity index (χ0) is 25.5. The molecule has 3 rings (SSSR count). The first-order valence-electron chi connectivity index (χ1n) is 10.6. The zero-order valence-electron chi connectivity index (χ0n) is 18.6. The molecule has 0 aromatic heterocycles. The van der Waals surface area contributed by atoms with Gasteiger partial charge in [-0.2, -0.15) is 0 Å². The topological polar surface area (TPSA) is 125 Å². The van der Waals surface area contributed by atoms with Gasteiger partial charge in [-0.15, -0.1) is 11.8 Å². The van der Waals surface area contributed by atoms with Gasteiger partial charge in [-0.3, -0.25) is 14.5 Å². The van der Waals surface area contributed by atoms with Crippen LogP contribution in [0.2, 0.25) is 10.0 Å². The fraction of sp³-hybridized carbons (Fsp3) is 0.304. The van der Waals surface area contributed by atoms with Crippen LogP contribution in [0.25, 0.3) is 0 Å². The Morgan fingerprint density at radius 2 is 1.80 bits per heavy atom. The molecule has 1 heterocycles. The number of thioether (sulfide) groups is 1. The van der Waals surface area contributed by atoms with Gasteiger partial charge in [0.1, 0.15) is 12.1 Å². The highest BCUT2D eigenvalue weighted by atomic mass is 35.5. The second kappa shape index (κ2) is 12.1. The Bertz CT molecular complexity index is 1090. The Hall–Kier alpha value is -2.95. The number of ether oxygens (including phenoxy) is 1. The van der Waals surface area contributed by atoms with Crippen molar-refractivity contribution in [3.05, 3.63) is 63.6 Å². The van der Waals surface area contributed by atoms with Gasteiger partial charge in [0.25, 0.3) is 5.91 Å². The zero-order valence-corrected chi connectivity index (χ0v) is 21.0. The van der Waals surface area contributed by atoms with Crippen molar-refractivity contribution < 1.29 is 29.0 Å². The number of anilines is 1. The van der Waals surface area contributed by atoms with Crippen molar-refractivity contribution in [3.63, 3.8) is 0 Å². The highest BCUT2D eigenvalue weighted by molar-refractivity contribution is 7.99. The summed E-state index contributed by atoms with van der Waals surface area (Å²) in [7, 11) is 0. The van der Waals surface area contributed by atoms with E-state index in [9.17, 15) is 24.3 Å². The summed E-state index contributed by atoms with van der Waals surface area (Å²) >= 11 is 13.5. The lowest BCUT2D eigenvalue weighted by atomic mass is 10.0. The van der Waals surface area contributed by atoms with Gasteiger partial charge < -0.3 is 20.5 Å². The molecule has 0 bridgehead atoms. The standard InChI is InChI=1S/C23H23Cl2N3O6S/c1-2-34-23(33)28-12-35-11-18(28)20(29)27-17(22(31)32)10-13-6-8-14(9-7-13)26-21(30)19-15(24)4-3-5-16(19)25/h3-9,17-18H,2,10-12H2,1H3,(H,26,30)(H,27,29)(H,31,32). The van der Waals surface area contributed by atoms with Gasteiger partial charge in [0.05, 0.1) is 28.1 Å². The van der Waals surface area contributed by atoms with Gasteiger partial charge in [-0.05, 0) is 36.8 Å². The van der Waals surface area contributed by atoms with E-state index >= 15 is 0 Å². The lowest BCUT2D eigenvalue weighted by Crippen LogP contribution is -2.52. The van der Waals surface area contributed by atoms with Crippen molar-refractivity contribution >= 4 is 64.5 Å². The van der Waals surface area contributed by atoms with Gasteiger partial charge in [-0.1, -0.05) is 41.4 Å². The second-order valence-corrected chi connectivity index (χ2v) is 9.35. The average molecular weight is 540 g/mol. The molecular weight excluding hydrogens is 517 g/mol. The maximum atomic E-state index is 12.7. The number of rotatable bonds is 8. The number of hydrogen-bond donors (Lipinski definition) is 3. The minimum Gasteiger partial charge on any atom is -0.480 e. The molecule has 0 radical (unpaired) electrons. The quantitative estimate of drug-likeness (QED) is 0.464. The Morgan fingerprint density at radius 3 is 2.40 bits per heavy atom. The van der Waals surface area contributed by atoms with E-state index in [-0.39, 0.29) is 28.6 Å². The van der Waals surface area contributed by atoms with E-state index < -0.39 is 36.0 Å². The van der Waals surface area contributed by atoms with Crippen molar-refractivity contribution in [1.82, 2.24) is 10.2 Å². The molecule has 35 heavy (non-hydrogen) atoms. The third kappa shape index (κ3) is 6.81. The Labute approximate surface area is 216 Å². The number of benzene rings is 2. The van der Waals surface area contributed by atoms with Crippen LogP contribution in [0.3, 0.4) is 0 Å². The van der Waals surface area contributed by atoms with Gasteiger partial charge in [0.15, 0.2) is 0 Å². The average Bonchev–Trinajstić information content (AvgIpc) is 3.30. The maximum absolute atomic E-state index is 12.7. The molecule has 186 valence electrons. The van der Waals surface area contributed by atoms with E-state index in [0.29, 0.717) is 22.9 Å². The molecule has 1 aliphatic rings. The van der Waals surface area contributed by atoms with Crippen molar-refractivity contribution in [2.45, 2.75) is 25.4 Å². The first-order chi connectivity index (χ1) is 16.7. The van der Waals surface area contributed by atoms with Crippen LogP contribution in [0.1, 0.15) is 22.8 Å². The number of halogens is 2. The number of carboxylic acids is 1. The third-order valence-corrected chi connectivity index (χ3v) is 6.79. The summed E-state index contributed by atoms with van der Waals surface area (Å²) in [5, 5.41) is 15.3. The van der Waals surface area contributed by atoms with Crippen LogP contribution >= 0.6 is 35.0 Å². The molecule has 2 aromatic rings. The van der Waals surface area contributed by atoms with Gasteiger partial charge in [-0.25, -0.2) is 9.59 Å².